The average molecular weight is 470 g/mol. The topological polar surface area (TPSA) is 105 Å². The van der Waals surface area contributed by atoms with Crippen molar-refractivity contribution in [1.29, 1.82) is 0 Å². The van der Waals surface area contributed by atoms with Crippen LogP contribution in [0.4, 0.5) is 17.5 Å². The predicted molar refractivity (Wildman–Crippen MR) is 134 cm³/mol. The van der Waals surface area contributed by atoms with Crippen molar-refractivity contribution < 1.29 is 4.79 Å². The van der Waals surface area contributed by atoms with E-state index in [9.17, 15) is 4.79 Å². The van der Waals surface area contributed by atoms with Crippen LogP contribution in [0, 0.1) is 13.8 Å². The molecule has 1 fully saturated rings. The summed E-state index contributed by atoms with van der Waals surface area (Å²) in [5.41, 5.74) is 2.87. The van der Waals surface area contributed by atoms with Gasteiger partial charge in [-0.2, -0.15) is 5.10 Å². The maximum Gasteiger partial charge on any atom is 0.257 e. The van der Waals surface area contributed by atoms with Crippen LogP contribution in [0.5, 0.6) is 0 Å². The van der Waals surface area contributed by atoms with E-state index in [0.717, 1.165) is 36.8 Å². The Bertz CT molecular complexity index is 1300. The van der Waals surface area contributed by atoms with Crippen molar-refractivity contribution in [2.75, 3.05) is 34.8 Å². The number of amides is 1. The second-order valence-electron chi connectivity index (χ2n) is 8.65. The molecule has 178 valence electrons. The number of aryl methyl sites for hydroxylation is 2. The zero-order valence-corrected chi connectivity index (χ0v) is 20.0. The largest absolute Gasteiger partial charge is 0.353 e. The smallest absolute Gasteiger partial charge is 0.257 e. The number of piperazine rings is 1. The monoisotopic (exact) mass is 469 g/mol. The Kier molecular flexibility index (Phi) is 6.09. The fraction of sp³-hybridized carbons (Fsp3) is 0.280. The summed E-state index contributed by atoms with van der Waals surface area (Å²) >= 11 is 0. The van der Waals surface area contributed by atoms with Crippen molar-refractivity contribution in [3.8, 4) is 5.82 Å². The molecule has 4 aromatic rings. The molecule has 35 heavy (non-hydrogen) atoms. The SMILES string of the molecule is Cc1cc(C)n(-c2ccc(C(=O)Nc3cnc(N4CCN(c5ccccn5)C[C@@H]4C)nc3)cn2)n1. The Labute approximate surface area is 203 Å². The fourth-order valence-electron chi connectivity index (χ4n) is 4.25. The van der Waals surface area contributed by atoms with Crippen LogP contribution in [-0.2, 0) is 0 Å². The summed E-state index contributed by atoms with van der Waals surface area (Å²) in [4.78, 5) is 35.0. The molecule has 10 nitrogen and oxygen atoms in total. The Hall–Kier alpha value is -4.34. The minimum atomic E-state index is -0.272. The minimum absolute atomic E-state index is 0.220. The maximum atomic E-state index is 12.7. The Balaban J connectivity index is 1.21. The summed E-state index contributed by atoms with van der Waals surface area (Å²) in [6, 6.07) is 11.7. The number of nitrogens with zero attached hydrogens (tertiary/aromatic N) is 8. The van der Waals surface area contributed by atoms with Gasteiger partial charge in [-0.3, -0.25) is 4.79 Å². The van der Waals surface area contributed by atoms with E-state index in [1.54, 1.807) is 35.4 Å². The number of carbonyl (C=O) groups is 1. The van der Waals surface area contributed by atoms with Gasteiger partial charge < -0.3 is 15.1 Å². The van der Waals surface area contributed by atoms with Gasteiger partial charge in [-0.05, 0) is 51.1 Å². The molecular formula is C25H27N9O. The first-order valence-corrected chi connectivity index (χ1v) is 11.5. The normalized spacial score (nSPS) is 15.8. The van der Waals surface area contributed by atoms with Gasteiger partial charge in [0.1, 0.15) is 5.82 Å². The van der Waals surface area contributed by atoms with Crippen LogP contribution in [0.3, 0.4) is 0 Å². The number of hydrogen-bond donors (Lipinski definition) is 1. The first kappa shape index (κ1) is 22.5. The van der Waals surface area contributed by atoms with E-state index >= 15 is 0 Å². The molecule has 0 unspecified atom stereocenters. The molecule has 1 N–H and O–H groups in total. The highest BCUT2D eigenvalue weighted by molar-refractivity contribution is 6.03. The number of carbonyl (C=O) groups excluding carboxylic acids is 1. The first-order chi connectivity index (χ1) is 17.0. The van der Waals surface area contributed by atoms with Crippen LogP contribution in [-0.4, -0.2) is 61.3 Å². The summed E-state index contributed by atoms with van der Waals surface area (Å²) < 4.78 is 1.75. The summed E-state index contributed by atoms with van der Waals surface area (Å²) in [7, 11) is 0. The fourth-order valence-corrected chi connectivity index (χ4v) is 4.25. The lowest BCUT2D eigenvalue weighted by atomic mass is 10.2. The molecule has 0 aromatic carbocycles. The summed E-state index contributed by atoms with van der Waals surface area (Å²) in [5, 5.41) is 7.26. The maximum absolute atomic E-state index is 12.7. The molecule has 1 saturated heterocycles. The van der Waals surface area contributed by atoms with E-state index in [4.69, 9.17) is 0 Å². The number of aromatic nitrogens is 6. The van der Waals surface area contributed by atoms with Crippen LogP contribution in [0.25, 0.3) is 5.82 Å². The molecule has 1 aliphatic heterocycles. The molecule has 0 aliphatic carbocycles. The standard InChI is InChI=1S/C25H27N9O/c1-17-12-18(2)34(31-17)23-8-7-20(13-27-23)24(35)30-21-14-28-25(29-15-21)33-11-10-32(16-19(33)3)22-6-4-5-9-26-22/h4-9,12-15,19H,10-11,16H2,1-3H3,(H,30,35)/t19-/m0/s1. The van der Waals surface area contributed by atoms with E-state index in [0.29, 0.717) is 23.0 Å². The number of pyridine rings is 2. The molecule has 5 rings (SSSR count). The van der Waals surface area contributed by atoms with Crippen molar-refractivity contribution in [3.63, 3.8) is 0 Å². The van der Waals surface area contributed by atoms with Gasteiger partial charge in [0.15, 0.2) is 5.82 Å². The molecular weight excluding hydrogens is 442 g/mol. The van der Waals surface area contributed by atoms with Crippen molar-refractivity contribution in [3.05, 3.63) is 78.1 Å². The number of hydrogen-bond acceptors (Lipinski definition) is 8. The van der Waals surface area contributed by atoms with Crippen molar-refractivity contribution in [1.82, 2.24) is 29.7 Å². The lowest BCUT2D eigenvalue weighted by molar-refractivity contribution is 0.102. The van der Waals surface area contributed by atoms with Gasteiger partial charge in [0.25, 0.3) is 5.91 Å². The Morgan fingerprint density at radius 2 is 1.80 bits per heavy atom. The third-order valence-corrected chi connectivity index (χ3v) is 5.99. The van der Waals surface area contributed by atoms with Crippen LogP contribution >= 0.6 is 0 Å². The zero-order valence-electron chi connectivity index (χ0n) is 20.0. The molecule has 4 aromatic heterocycles. The van der Waals surface area contributed by atoms with Gasteiger partial charge in [-0.25, -0.2) is 24.6 Å². The van der Waals surface area contributed by atoms with Gasteiger partial charge in [-0.1, -0.05) is 6.07 Å². The predicted octanol–water partition coefficient (Wildman–Crippen LogP) is 3.04. The van der Waals surface area contributed by atoms with E-state index in [-0.39, 0.29) is 11.9 Å². The quantitative estimate of drug-likeness (QED) is 0.476. The van der Waals surface area contributed by atoms with Crippen molar-refractivity contribution in [2.24, 2.45) is 0 Å². The lowest BCUT2D eigenvalue weighted by Gasteiger charge is -2.40. The van der Waals surface area contributed by atoms with Gasteiger partial charge in [0, 0.05) is 43.8 Å². The van der Waals surface area contributed by atoms with Gasteiger partial charge in [-0.15, -0.1) is 0 Å². The van der Waals surface area contributed by atoms with E-state index in [1.807, 2.05) is 44.3 Å². The second-order valence-corrected chi connectivity index (χ2v) is 8.65. The first-order valence-electron chi connectivity index (χ1n) is 11.5. The highest BCUT2D eigenvalue weighted by atomic mass is 16.1. The summed E-state index contributed by atoms with van der Waals surface area (Å²) in [5.74, 6) is 2.02. The van der Waals surface area contributed by atoms with Crippen molar-refractivity contribution in [2.45, 2.75) is 26.8 Å². The van der Waals surface area contributed by atoms with Gasteiger partial charge >= 0.3 is 0 Å². The highest BCUT2D eigenvalue weighted by Crippen LogP contribution is 2.21. The zero-order chi connectivity index (χ0) is 24.4. The van der Waals surface area contributed by atoms with Crippen molar-refractivity contribution >= 4 is 23.4 Å². The third-order valence-electron chi connectivity index (χ3n) is 5.99. The van der Waals surface area contributed by atoms with E-state index in [2.05, 4.69) is 47.1 Å². The van der Waals surface area contributed by atoms with Crippen LogP contribution in [0.2, 0.25) is 0 Å². The lowest BCUT2D eigenvalue weighted by Crippen LogP contribution is -2.53. The second kappa shape index (κ2) is 9.49. The van der Waals surface area contributed by atoms with Crippen LogP contribution in [0.1, 0.15) is 28.7 Å². The number of anilines is 3. The van der Waals surface area contributed by atoms with Gasteiger partial charge in [0.05, 0.1) is 29.3 Å². The highest BCUT2D eigenvalue weighted by Gasteiger charge is 2.26. The molecule has 5 heterocycles. The molecule has 0 bridgehead atoms. The van der Waals surface area contributed by atoms with E-state index < -0.39 is 0 Å². The Morgan fingerprint density at radius 3 is 2.43 bits per heavy atom. The van der Waals surface area contributed by atoms with E-state index in [1.165, 1.54) is 0 Å². The molecule has 0 radical (unpaired) electrons. The average Bonchev–Trinajstić information content (AvgIpc) is 3.23. The molecule has 0 spiro atoms. The third kappa shape index (κ3) is 4.81. The molecule has 0 saturated carbocycles. The minimum Gasteiger partial charge on any atom is -0.353 e. The molecule has 10 heteroatoms. The number of rotatable bonds is 5. The Morgan fingerprint density at radius 1 is 0.971 bits per heavy atom. The van der Waals surface area contributed by atoms with Crippen LogP contribution in [0.15, 0.2) is 61.2 Å². The van der Waals surface area contributed by atoms with Gasteiger partial charge in [0.2, 0.25) is 5.95 Å². The number of nitrogens with one attached hydrogen (secondary N) is 1. The summed E-state index contributed by atoms with van der Waals surface area (Å²) in [6.07, 6.45) is 6.62. The molecule has 1 aliphatic rings. The molecule has 1 atom stereocenters. The summed E-state index contributed by atoms with van der Waals surface area (Å²) in [6.45, 7) is 8.51. The molecule has 1 amide bonds. The van der Waals surface area contributed by atoms with Crippen LogP contribution < -0.4 is 15.1 Å².